The molecule has 2 unspecified atom stereocenters. The molecule has 1 aliphatic rings. The van der Waals surface area contributed by atoms with Gasteiger partial charge in [-0.15, -0.1) is 11.3 Å². The molecule has 1 aromatic rings. The molecule has 0 saturated heterocycles. The van der Waals surface area contributed by atoms with Crippen LogP contribution in [0, 0.1) is 5.92 Å². The molecule has 0 aliphatic heterocycles. The van der Waals surface area contributed by atoms with E-state index in [4.69, 9.17) is 0 Å². The first kappa shape index (κ1) is 11.1. The van der Waals surface area contributed by atoms with Crippen molar-refractivity contribution >= 4 is 11.3 Å². The third-order valence-corrected chi connectivity index (χ3v) is 4.06. The van der Waals surface area contributed by atoms with E-state index in [9.17, 15) is 0 Å². The van der Waals surface area contributed by atoms with E-state index in [1.807, 2.05) is 11.6 Å². The van der Waals surface area contributed by atoms with Crippen LogP contribution in [0.2, 0.25) is 0 Å². The van der Waals surface area contributed by atoms with Gasteiger partial charge in [0, 0.05) is 24.2 Å². The smallest absolute Gasteiger partial charge is 0.106 e. The summed E-state index contributed by atoms with van der Waals surface area (Å²) in [6.07, 6.45) is 8.75. The average molecular weight is 224 g/mol. The normalized spacial score (nSPS) is 27.5. The Morgan fingerprint density at radius 3 is 3.13 bits per heavy atom. The second-order valence-corrected chi connectivity index (χ2v) is 5.60. The van der Waals surface area contributed by atoms with Crippen LogP contribution in [0.3, 0.4) is 0 Å². The molecule has 0 amide bonds. The Morgan fingerprint density at radius 1 is 1.40 bits per heavy atom. The lowest BCUT2D eigenvalue weighted by Gasteiger charge is -2.15. The van der Waals surface area contributed by atoms with Crippen LogP contribution in [0.4, 0.5) is 0 Å². The molecule has 1 heterocycles. The minimum absolute atomic E-state index is 0.721. The molecule has 84 valence electrons. The zero-order valence-electron chi connectivity index (χ0n) is 9.41. The molecule has 1 fully saturated rings. The molecule has 0 bridgehead atoms. The van der Waals surface area contributed by atoms with E-state index in [2.05, 4.69) is 17.2 Å². The Labute approximate surface area is 96.1 Å². The van der Waals surface area contributed by atoms with Crippen molar-refractivity contribution in [2.45, 2.75) is 51.6 Å². The fraction of sp³-hybridized carbons (Fsp3) is 0.750. The van der Waals surface area contributed by atoms with Crippen molar-refractivity contribution in [2.24, 2.45) is 5.92 Å². The van der Waals surface area contributed by atoms with Crippen LogP contribution in [0.1, 0.15) is 44.0 Å². The molecular formula is C12H20N2S. The first-order chi connectivity index (χ1) is 7.34. The first-order valence-electron chi connectivity index (χ1n) is 5.96. The fourth-order valence-electron chi connectivity index (χ4n) is 2.26. The van der Waals surface area contributed by atoms with Crippen LogP contribution in [-0.4, -0.2) is 11.0 Å². The van der Waals surface area contributed by atoms with Crippen LogP contribution in [0.15, 0.2) is 11.6 Å². The highest BCUT2D eigenvalue weighted by Gasteiger charge is 2.15. The number of nitrogens with one attached hydrogen (secondary N) is 1. The Balaban J connectivity index is 1.74. The van der Waals surface area contributed by atoms with Gasteiger partial charge in [-0.25, -0.2) is 4.98 Å². The van der Waals surface area contributed by atoms with Crippen LogP contribution in [0.25, 0.3) is 0 Å². The number of hydrogen-bond donors (Lipinski definition) is 1. The zero-order chi connectivity index (χ0) is 10.5. The highest BCUT2D eigenvalue weighted by Crippen LogP contribution is 2.22. The monoisotopic (exact) mass is 224 g/mol. The number of nitrogens with zero attached hydrogens (tertiary/aromatic N) is 1. The SMILES string of the molecule is CC1CCCC(NCc2nccs2)CC1. The number of rotatable bonds is 3. The van der Waals surface area contributed by atoms with Gasteiger partial charge in [-0.2, -0.15) is 0 Å². The van der Waals surface area contributed by atoms with E-state index < -0.39 is 0 Å². The largest absolute Gasteiger partial charge is 0.308 e. The number of hydrogen-bond acceptors (Lipinski definition) is 3. The molecule has 1 aliphatic carbocycles. The Morgan fingerprint density at radius 2 is 2.33 bits per heavy atom. The lowest BCUT2D eigenvalue weighted by atomic mass is 10.0. The van der Waals surface area contributed by atoms with E-state index in [1.54, 1.807) is 11.3 Å². The first-order valence-corrected chi connectivity index (χ1v) is 6.84. The number of aromatic nitrogens is 1. The quantitative estimate of drug-likeness (QED) is 0.798. The van der Waals surface area contributed by atoms with E-state index in [-0.39, 0.29) is 0 Å². The van der Waals surface area contributed by atoms with Crippen LogP contribution >= 0.6 is 11.3 Å². The maximum Gasteiger partial charge on any atom is 0.106 e. The molecule has 0 aromatic carbocycles. The molecular weight excluding hydrogens is 204 g/mol. The molecule has 2 atom stereocenters. The van der Waals surface area contributed by atoms with Gasteiger partial charge in [0.25, 0.3) is 0 Å². The van der Waals surface area contributed by atoms with Crippen molar-refractivity contribution in [1.82, 2.24) is 10.3 Å². The van der Waals surface area contributed by atoms with Gasteiger partial charge in [-0.1, -0.05) is 19.8 Å². The summed E-state index contributed by atoms with van der Waals surface area (Å²) in [5.74, 6) is 0.927. The molecule has 1 N–H and O–H groups in total. The van der Waals surface area contributed by atoms with Crippen molar-refractivity contribution in [3.05, 3.63) is 16.6 Å². The van der Waals surface area contributed by atoms with Crippen molar-refractivity contribution in [3.63, 3.8) is 0 Å². The molecule has 3 heteroatoms. The van der Waals surface area contributed by atoms with Gasteiger partial charge in [0.15, 0.2) is 0 Å². The van der Waals surface area contributed by atoms with Crippen molar-refractivity contribution in [3.8, 4) is 0 Å². The minimum atomic E-state index is 0.721. The standard InChI is InChI=1S/C12H20N2S/c1-10-3-2-4-11(6-5-10)14-9-12-13-7-8-15-12/h7-8,10-11,14H,2-6,9H2,1H3. The Hall–Kier alpha value is -0.410. The summed E-state index contributed by atoms with van der Waals surface area (Å²) in [7, 11) is 0. The third-order valence-electron chi connectivity index (χ3n) is 3.28. The van der Waals surface area contributed by atoms with Gasteiger partial charge < -0.3 is 5.32 Å². The van der Waals surface area contributed by atoms with Crippen molar-refractivity contribution in [1.29, 1.82) is 0 Å². The molecule has 2 nitrogen and oxygen atoms in total. The van der Waals surface area contributed by atoms with Gasteiger partial charge in [0.2, 0.25) is 0 Å². The van der Waals surface area contributed by atoms with Gasteiger partial charge >= 0.3 is 0 Å². The Bertz CT molecular complexity index is 271. The predicted octanol–water partition coefficient (Wildman–Crippen LogP) is 3.20. The van der Waals surface area contributed by atoms with Crippen LogP contribution in [-0.2, 0) is 6.54 Å². The summed E-state index contributed by atoms with van der Waals surface area (Å²) in [5, 5.41) is 6.90. The second-order valence-electron chi connectivity index (χ2n) is 4.62. The Kier molecular flexibility index (Phi) is 4.15. The van der Waals surface area contributed by atoms with E-state index >= 15 is 0 Å². The lowest BCUT2D eigenvalue weighted by Crippen LogP contribution is -2.27. The van der Waals surface area contributed by atoms with Gasteiger partial charge in [-0.05, 0) is 25.2 Å². The van der Waals surface area contributed by atoms with Crippen LogP contribution < -0.4 is 5.32 Å². The van der Waals surface area contributed by atoms with Gasteiger partial charge in [-0.3, -0.25) is 0 Å². The summed E-state index contributed by atoms with van der Waals surface area (Å²) in [6.45, 7) is 3.33. The highest BCUT2D eigenvalue weighted by atomic mass is 32.1. The van der Waals surface area contributed by atoms with E-state index in [0.29, 0.717) is 0 Å². The topological polar surface area (TPSA) is 24.9 Å². The molecule has 1 aromatic heterocycles. The number of thiazole rings is 1. The van der Waals surface area contributed by atoms with Crippen molar-refractivity contribution < 1.29 is 0 Å². The van der Waals surface area contributed by atoms with E-state index in [1.165, 1.54) is 37.1 Å². The van der Waals surface area contributed by atoms with E-state index in [0.717, 1.165) is 18.5 Å². The summed E-state index contributed by atoms with van der Waals surface area (Å²) in [4.78, 5) is 4.30. The summed E-state index contributed by atoms with van der Waals surface area (Å²) in [5.41, 5.74) is 0. The zero-order valence-corrected chi connectivity index (χ0v) is 10.2. The fourth-order valence-corrected chi connectivity index (χ4v) is 2.83. The molecule has 1 saturated carbocycles. The summed E-state index contributed by atoms with van der Waals surface area (Å²) >= 11 is 1.74. The molecule has 15 heavy (non-hydrogen) atoms. The summed E-state index contributed by atoms with van der Waals surface area (Å²) in [6, 6.07) is 0.721. The predicted molar refractivity (Wildman–Crippen MR) is 65.0 cm³/mol. The minimum Gasteiger partial charge on any atom is -0.308 e. The van der Waals surface area contributed by atoms with Crippen molar-refractivity contribution in [2.75, 3.05) is 0 Å². The molecule has 2 rings (SSSR count). The van der Waals surface area contributed by atoms with Gasteiger partial charge in [0.1, 0.15) is 5.01 Å². The third kappa shape index (κ3) is 3.58. The highest BCUT2D eigenvalue weighted by molar-refractivity contribution is 7.09. The van der Waals surface area contributed by atoms with Crippen LogP contribution in [0.5, 0.6) is 0 Å². The van der Waals surface area contributed by atoms with Gasteiger partial charge in [0.05, 0.1) is 0 Å². The second kappa shape index (κ2) is 5.61. The average Bonchev–Trinajstić information content (AvgIpc) is 2.66. The lowest BCUT2D eigenvalue weighted by molar-refractivity contribution is 0.447. The maximum atomic E-state index is 4.30. The molecule has 0 radical (unpaired) electrons. The molecule has 0 spiro atoms. The maximum absolute atomic E-state index is 4.30. The summed E-state index contributed by atoms with van der Waals surface area (Å²) < 4.78 is 0.